The monoisotopic (exact) mass is 223 g/mol. The zero-order chi connectivity index (χ0) is 8.55. The lowest BCUT2D eigenvalue weighted by Crippen LogP contribution is -2.25. The number of hydrogen-bond donors (Lipinski definition) is 0. The number of rotatable bonds is 0. The average Bonchev–Trinajstić information content (AvgIpc) is 2.07. The lowest BCUT2D eigenvalue weighted by molar-refractivity contribution is -0.577. The van der Waals surface area contributed by atoms with Gasteiger partial charge in [-0.05, 0) is 18.2 Å². The zero-order valence-electron chi connectivity index (χ0n) is 6.20. The van der Waals surface area contributed by atoms with Gasteiger partial charge in [0, 0.05) is 22.0 Å². The van der Waals surface area contributed by atoms with Crippen molar-refractivity contribution in [1.82, 2.24) is 0 Å². The summed E-state index contributed by atoms with van der Waals surface area (Å²) in [6.45, 7) is 0. The number of nitrogens with zero attached hydrogens (tertiary/aromatic N) is 1. The van der Waals surface area contributed by atoms with Crippen molar-refractivity contribution < 1.29 is 4.73 Å². The first-order chi connectivity index (χ1) is 5.77. The SMILES string of the molecule is [O-][n+]1cccc2ccc(Br)cc21. The second-order valence-corrected chi connectivity index (χ2v) is 3.45. The Hall–Kier alpha value is -1.09. The van der Waals surface area contributed by atoms with Gasteiger partial charge in [-0.15, -0.1) is 0 Å². The molecule has 0 unspecified atom stereocenters. The molecule has 0 bridgehead atoms. The van der Waals surface area contributed by atoms with E-state index in [1.807, 2.05) is 24.3 Å². The Morgan fingerprint density at radius 1 is 1.25 bits per heavy atom. The van der Waals surface area contributed by atoms with E-state index in [2.05, 4.69) is 15.9 Å². The summed E-state index contributed by atoms with van der Waals surface area (Å²) in [7, 11) is 0. The van der Waals surface area contributed by atoms with Crippen LogP contribution in [0.4, 0.5) is 0 Å². The molecule has 2 nitrogen and oxygen atoms in total. The van der Waals surface area contributed by atoms with Crippen LogP contribution in [0.5, 0.6) is 0 Å². The molecule has 0 atom stereocenters. The molecular formula is C9H6BrNO. The Morgan fingerprint density at radius 2 is 2.08 bits per heavy atom. The van der Waals surface area contributed by atoms with Crippen LogP contribution >= 0.6 is 15.9 Å². The van der Waals surface area contributed by atoms with E-state index in [1.165, 1.54) is 6.20 Å². The third-order valence-corrected chi connectivity index (χ3v) is 2.22. The zero-order valence-corrected chi connectivity index (χ0v) is 7.78. The maximum Gasteiger partial charge on any atom is 0.224 e. The van der Waals surface area contributed by atoms with E-state index in [9.17, 15) is 5.21 Å². The van der Waals surface area contributed by atoms with E-state index >= 15 is 0 Å². The largest absolute Gasteiger partial charge is 0.618 e. The smallest absolute Gasteiger partial charge is 0.224 e. The minimum atomic E-state index is 0.687. The third-order valence-electron chi connectivity index (χ3n) is 1.73. The van der Waals surface area contributed by atoms with Gasteiger partial charge in [0.25, 0.3) is 0 Å². The molecule has 0 saturated carbocycles. The van der Waals surface area contributed by atoms with Gasteiger partial charge in [0.2, 0.25) is 5.52 Å². The molecular weight excluding hydrogens is 218 g/mol. The quantitative estimate of drug-likeness (QED) is 0.498. The molecule has 0 N–H and O–H groups in total. The summed E-state index contributed by atoms with van der Waals surface area (Å²) in [6, 6.07) is 9.29. The van der Waals surface area contributed by atoms with Crippen LogP contribution < -0.4 is 4.73 Å². The van der Waals surface area contributed by atoms with Gasteiger partial charge in [-0.2, -0.15) is 4.73 Å². The molecule has 0 spiro atoms. The van der Waals surface area contributed by atoms with Crippen molar-refractivity contribution in [3.63, 3.8) is 0 Å². The molecule has 0 aliphatic carbocycles. The van der Waals surface area contributed by atoms with E-state index in [-0.39, 0.29) is 0 Å². The van der Waals surface area contributed by atoms with Crippen LogP contribution in [0.3, 0.4) is 0 Å². The fourth-order valence-corrected chi connectivity index (χ4v) is 1.50. The number of aromatic nitrogens is 1. The topological polar surface area (TPSA) is 26.9 Å². The van der Waals surface area contributed by atoms with E-state index in [4.69, 9.17) is 0 Å². The first kappa shape index (κ1) is 7.55. The maximum atomic E-state index is 11.2. The molecule has 2 aromatic rings. The summed E-state index contributed by atoms with van der Waals surface area (Å²) in [6.07, 6.45) is 1.49. The third kappa shape index (κ3) is 1.16. The molecule has 60 valence electrons. The summed E-state index contributed by atoms with van der Waals surface area (Å²) in [5.41, 5.74) is 0.687. The summed E-state index contributed by atoms with van der Waals surface area (Å²) in [5, 5.41) is 12.2. The van der Waals surface area contributed by atoms with E-state index in [1.54, 1.807) is 6.07 Å². The average molecular weight is 224 g/mol. The van der Waals surface area contributed by atoms with E-state index in [0.717, 1.165) is 14.6 Å². The Morgan fingerprint density at radius 3 is 2.92 bits per heavy atom. The highest BCUT2D eigenvalue weighted by atomic mass is 79.9. The van der Waals surface area contributed by atoms with Crippen molar-refractivity contribution in [3.8, 4) is 0 Å². The van der Waals surface area contributed by atoms with Crippen molar-refractivity contribution in [1.29, 1.82) is 0 Å². The number of fused-ring (bicyclic) bond motifs is 1. The van der Waals surface area contributed by atoms with Gasteiger partial charge in [0.15, 0.2) is 6.20 Å². The first-order valence-electron chi connectivity index (χ1n) is 3.55. The van der Waals surface area contributed by atoms with Crippen molar-refractivity contribution >= 4 is 26.8 Å². The van der Waals surface area contributed by atoms with Crippen LogP contribution in [0, 0.1) is 5.21 Å². The van der Waals surface area contributed by atoms with Gasteiger partial charge in [0.05, 0.1) is 0 Å². The van der Waals surface area contributed by atoms with Crippen LogP contribution in [0.25, 0.3) is 10.9 Å². The standard InChI is InChI=1S/C9H6BrNO/c10-8-4-3-7-2-1-5-11(12)9(7)6-8/h1-6H. The van der Waals surface area contributed by atoms with E-state index in [0.29, 0.717) is 5.52 Å². The van der Waals surface area contributed by atoms with Gasteiger partial charge in [-0.25, -0.2) is 0 Å². The number of hydrogen-bond acceptors (Lipinski definition) is 1. The highest BCUT2D eigenvalue weighted by Crippen LogP contribution is 2.15. The lowest BCUT2D eigenvalue weighted by Gasteiger charge is -2.00. The van der Waals surface area contributed by atoms with Crippen LogP contribution in [0.2, 0.25) is 0 Å². The van der Waals surface area contributed by atoms with Crippen molar-refractivity contribution in [2.24, 2.45) is 0 Å². The second-order valence-electron chi connectivity index (χ2n) is 2.54. The maximum absolute atomic E-state index is 11.2. The predicted molar refractivity (Wildman–Crippen MR) is 50.6 cm³/mol. The number of halogens is 1. The fraction of sp³-hybridized carbons (Fsp3) is 0. The molecule has 1 heterocycles. The molecule has 0 saturated heterocycles. The predicted octanol–water partition coefficient (Wildman–Crippen LogP) is 2.24. The molecule has 0 aliphatic heterocycles. The Bertz CT molecular complexity index is 428. The van der Waals surface area contributed by atoms with Crippen molar-refractivity contribution in [2.45, 2.75) is 0 Å². The minimum Gasteiger partial charge on any atom is -0.618 e. The van der Waals surface area contributed by atoms with Crippen LogP contribution in [0.1, 0.15) is 0 Å². The Labute approximate surface area is 78.2 Å². The van der Waals surface area contributed by atoms with Crippen LogP contribution in [-0.4, -0.2) is 0 Å². The van der Waals surface area contributed by atoms with Crippen molar-refractivity contribution in [2.75, 3.05) is 0 Å². The van der Waals surface area contributed by atoms with Crippen LogP contribution in [-0.2, 0) is 0 Å². The molecule has 0 amide bonds. The normalized spacial score (nSPS) is 10.4. The Balaban J connectivity index is 2.88. The molecule has 0 aliphatic rings. The molecule has 0 radical (unpaired) electrons. The van der Waals surface area contributed by atoms with Gasteiger partial charge in [0.1, 0.15) is 0 Å². The second kappa shape index (κ2) is 2.75. The number of pyridine rings is 1. The molecule has 1 aromatic carbocycles. The van der Waals surface area contributed by atoms with Gasteiger partial charge >= 0.3 is 0 Å². The molecule has 12 heavy (non-hydrogen) atoms. The minimum absolute atomic E-state index is 0.687. The van der Waals surface area contributed by atoms with Gasteiger partial charge < -0.3 is 5.21 Å². The first-order valence-corrected chi connectivity index (χ1v) is 4.34. The van der Waals surface area contributed by atoms with E-state index < -0.39 is 0 Å². The van der Waals surface area contributed by atoms with Crippen molar-refractivity contribution in [3.05, 3.63) is 46.2 Å². The van der Waals surface area contributed by atoms with Gasteiger partial charge in [-0.1, -0.05) is 15.9 Å². The Kier molecular flexibility index (Phi) is 1.73. The molecule has 2 rings (SSSR count). The summed E-state index contributed by atoms with van der Waals surface area (Å²) < 4.78 is 1.78. The fourth-order valence-electron chi connectivity index (χ4n) is 1.15. The lowest BCUT2D eigenvalue weighted by atomic mass is 10.2. The summed E-state index contributed by atoms with van der Waals surface area (Å²) in [4.78, 5) is 0. The molecule has 3 heteroatoms. The van der Waals surface area contributed by atoms with Crippen LogP contribution in [0.15, 0.2) is 41.0 Å². The highest BCUT2D eigenvalue weighted by Gasteiger charge is 2.01. The number of benzene rings is 1. The summed E-state index contributed by atoms with van der Waals surface area (Å²) >= 11 is 3.31. The van der Waals surface area contributed by atoms with Gasteiger partial charge in [-0.3, -0.25) is 0 Å². The highest BCUT2D eigenvalue weighted by molar-refractivity contribution is 9.10. The molecule has 1 aromatic heterocycles. The summed E-state index contributed by atoms with van der Waals surface area (Å²) in [5.74, 6) is 0. The molecule has 0 fully saturated rings.